The molecule has 26 heavy (non-hydrogen) atoms. The fourth-order valence-electron chi connectivity index (χ4n) is 3.47. The highest BCUT2D eigenvalue weighted by Crippen LogP contribution is 2.25. The minimum Gasteiger partial charge on any atom is -0.388 e. The maximum atomic E-state index is 10.9. The molecule has 0 aliphatic carbocycles. The monoisotopic (exact) mass is 352 g/mol. The van der Waals surface area contributed by atoms with Crippen molar-refractivity contribution >= 4 is 17.0 Å². The molecule has 3 heterocycles. The van der Waals surface area contributed by atoms with E-state index in [2.05, 4.69) is 49.4 Å². The van der Waals surface area contributed by atoms with Gasteiger partial charge in [0.05, 0.1) is 11.9 Å². The summed E-state index contributed by atoms with van der Waals surface area (Å²) in [6.45, 7) is 3.17. The Labute approximate surface area is 152 Å². The van der Waals surface area contributed by atoms with Crippen LogP contribution in [-0.2, 0) is 13.6 Å². The van der Waals surface area contributed by atoms with Gasteiger partial charge < -0.3 is 15.0 Å². The maximum absolute atomic E-state index is 10.9. The van der Waals surface area contributed by atoms with E-state index < -0.39 is 5.60 Å². The number of piperidine rings is 1. The van der Waals surface area contributed by atoms with E-state index in [-0.39, 0.29) is 0 Å². The molecular formula is C19H24N6O. The first kappa shape index (κ1) is 16.9. The van der Waals surface area contributed by atoms with Gasteiger partial charge in [-0.1, -0.05) is 30.3 Å². The lowest BCUT2D eigenvalue weighted by Crippen LogP contribution is -2.48. The van der Waals surface area contributed by atoms with E-state index in [4.69, 9.17) is 0 Å². The van der Waals surface area contributed by atoms with Crippen molar-refractivity contribution in [3.8, 4) is 0 Å². The van der Waals surface area contributed by atoms with Gasteiger partial charge in [0.25, 0.3) is 0 Å². The van der Waals surface area contributed by atoms with Gasteiger partial charge in [0, 0.05) is 33.2 Å². The molecule has 0 saturated carbocycles. The van der Waals surface area contributed by atoms with E-state index in [0.717, 1.165) is 43.6 Å². The van der Waals surface area contributed by atoms with Gasteiger partial charge >= 0.3 is 0 Å². The topological polar surface area (TPSA) is 79.1 Å². The molecule has 0 radical (unpaired) electrons. The van der Waals surface area contributed by atoms with Crippen molar-refractivity contribution in [3.05, 3.63) is 48.5 Å². The van der Waals surface area contributed by atoms with Gasteiger partial charge in [-0.3, -0.25) is 4.90 Å². The molecule has 0 atom stereocenters. The van der Waals surface area contributed by atoms with Gasteiger partial charge in [0.2, 0.25) is 0 Å². The highest BCUT2D eigenvalue weighted by molar-refractivity contribution is 5.82. The second kappa shape index (κ2) is 7.01. The summed E-state index contributed by atoms with van der Waals surface area (Å²) in [6, 6.07) is 10.5. The molecule has 7 heteroatoms. The summed E-state index contributed by atoms with van der Waals surface area (Å²) in [6.07, 6.45) is 4.73. The lowest BCUT2D eigenvalue weighted by molar-refractivity contribution is -0.0120. The zero-order valence-corrected chi connectivity index (χ0v) is 15.0. The zero-order chi connectivity index (χ0) is 18.0. The summed E-state index contributed by atoms with van der Waals surface area (Å²) in [4.78, 5) is 15.3. The molecule has 0 bridgehead atoms. The number of rotatable bonds is 5. The molecular weight excluding hydrogens is 328 g/mol. The quantitative estimate of drug-likeness (QED) is 0.729. The Morgan fingerprint density at radius 1 is 1.12 bits per heavy atom. The van der Waals surface area contributed by atoms with E-state index >= 15 is 0 Å². The van der Waals surface area contributed by atoms with Gasteiger partial charge in [0.15, 0.2) is 11.5 Å². The van der Waals surface area contributed by atoms with Crippen LogP contribution in [-0.4, -0.2) is 54.8 Å². The van der Waals surface area contributed by atoms with Crippen LogP contribution in [0.15, 0.2) is 43.0 Å². The minimum absolute atomic E-state index is 0.467. The number of likely N-dealkylation sites (tertiary alicyclic amines) is 1. The fourth-order valence-corrected chi connectivity index (χ4v) is 3.47. The van der Waals surface area contributed by atoms with Gasteiger partial charge in [-0.15, -0.1) is 0 Å². The first-order valence-electron chi connectivity index (χ1n) is 8.98. The Kier molecular flexibility index (Phi) is 4.57. The largest absolute Gasteiger partial charge is 0.388 e. The number of fused-ring (bicyclic) bond motifs is 1. The predicted octanol–water partition coefficient (Wildman–Crippen LogP) is 1.80. The van der Waals surface area contributed by atoms with Gasteiger partial charge in [-0.25, -0.2) is 15.0 Å². The molecule has 1 saturated heterocycles. The highest BCUT2D eigenvalue weighted by atomic mass is 16.3. The Hall–Kier alpha value is -2.51. The number of benzene rings is 1. The van der Waals surface area contributed by atoms with Crippen LogP contribution < -0.4 is 5.32 Å². The van der Waals surface area contributed by atoms with Crippen molar-refractivity contribution in [2.24, 2.45) is 7.05 Å². The van der Waals surface area contributed by atoms with E-state index in [1.807, 2.05) is 17.7 Å². The van der Waals surface area contributed by atoms with Crippen molar-refractivity contribution in [2.75, 3.05) is 25.0 Å². The third-order valence-corrected chi connectivity index (χ3v) is 5.12. The number of hydrogen-bond acceptors (Lipinski definition) is 6. The van der Waals surface area contributed by atoms with Crippen molar-refractivity contribution < 1.29 is 5.11 Å². The first-order chi connectivity index (χ1) is 12.6. The molecule has 0 spiro atoms. The van der Waals surface area contributed by atoms with E-state index in [9.17, 15) is 5.11 Å². The molecule has 4 rings (SSSR count). The van der Waals surface area contributed by atoms with Crippen LogP contribution in [0.5, 0.6) is 0 Å². The van der Waals surface area contributed by atoms with Crippen LogP contribution >= 0.6 is 0 Å². The lowest BCUT2D eigenvalue weighted by Gasteiger charge is -2.38. The molecule has 2 aromatic heterocycles. The molecule has 0 amide bonds. The van der Waals surface area contributed by atoms with Crippen molar-refractivity contribution in [1.82, 2.24) is 24.4 Å². The molecule has 136 valence electrons. The molecule has 1 aliphatic rings. The minimum atomic E-state index is -0.723. The second-order valence-electron chi connectivity index (χ2n) is 7.09. The lowest BCUT2D eigenvalue weighted by atomic mass is 9.91. The zero-order valence-electron chi connectivity index (χ0n) is 15.0. The average molecular weight is 352 g/mol. The number of anilines is 1. The Morgan fingerprint density at radius 3 is 2.65 bits per heavy atom. The van der Waals surface area contributed by atoms with E-state index in [1.54, 1.807) is 6.33 Å². The van der Waals surface area contributed by atoms with Crippen LogP contribution in [0.2, 0.25) is 0 Å². The number of nitrogens with zero attached hydrogens (tertiary/aromatic N) is 5. The number of nitrogens with one attached hydrogen (secondary N) is 1. The molecule has 7 nitrogen and oxygen atoms in total. The molecule has 1 aliphatic heterocycles. The summed E-state index contributed by atoms with van der Waals surface area (Å²) in [5, 5.41) is 14.2. The fraction of sp³-hybridized carbons (Fsp3) is 0.421. The summed E-state index contributed by atoms with van der Waals surface area (Å²) in [5.41, 5.74) is 2.11. The third-order valence-electron chi connectivity index (χ3n) is 5.12. The second-order valence-corrected chi connectivity index (χ2v) is 7.09. The van der Waals surface area contributed by atoms with Gasteiger partial charge in [-0.2, -0.15) is 0 Å². The summed E-state index contributed by atoms with van der Waals surface area (Å²) in [7, 11) is 1.90. The number of aryl methyl sites for hydroxylation is 1. The van der Waals surface area contributed by atoms with Crippen molar-refractivity contribution in [2.45, 2.75) is 25.0 Å². The third kappa shape index (κ3) is 3.54. The van der Waals surface area contributed by atoms with Crippen LogP contribution in [0.25, 0.3) is 11.2 Å². The number of hydrogen-bond donors (Lipinski definition) is 2. The Bertz CT molecular complexity index is 870. The SMILES string of the molecule is Cn1cnc2c(NCC3(O)CCN(Cc4ccccc4)CC3)ncnc21. The van der Waals surface area contributed by atoms with Crippen molar-refractivity contribution in [3.63, 3.8) is 0 Å². The molecule has 2 N–H and O–H groups in total. The normalized spacial score (nSPS) is 17.5. The average Bonchev–Trinajstić information content (AvgIpc) is 3.05. The van der Waals surface area contributed by atoms with E-state index in [0.29, 0.717) is 12.4 Å². The maximum Gasteiger partial charge on any atom is 0.165 e. The van der Waals surface area contributed by atoms with Crippen LogP contribution in [0.4, 0.5) is 5.82 Å². The summed E-state index contributed by atoms with van der Waals surface area (Å²) < 4.78 is 1.86. The predicted molar refractivity (Wildman–Crippen MR) is 101 cm³/mol. The Morgan fingerprint density at radius 2 is 1.88 bits per heavy atom. The van der Waals surface area contributed by atoms with Gasteiger partial charge in [-0.05, 0) is 18.4 Å². The summed E-state index contributed by atoms with van der Waals surface area (Å²) in [5.74, 6) is 0.677. The van der Waals surface area contributed by atoms with E-state index in [1.165, 1.54) is 11.9 Å². The molecule has 3 aromatic rings. The smallest absolute Gasteiger partial charge is 0.165 e. The number of imidazole rings is 1. The highest BCUT2D eigenvalue weighted by Gasteiger charge is 2.32. The molecule has 0 unspecified atom stereocenters. The van der Waals surface area contributed by atoms with Crippen molar-refractivity contribution in [1.29, 1.82) is 0 Å². The molecule has 1 aromatic carbocycles. The van der Waals surface area contributed by atoms with Gasteiger partial charge in [0.1, 0.15) is 11.8 Å². The number of aliphatic hydroxyl groups is 1. The van der Waals surface area contributed by atoms with Crippen LogP contribution in [0, 0.1) is 0 Å². The Balaban J connectivity index is 1.35. The van der Waals surface area contributed by atoms with Crippen LogP contribution in [0.1, 0.15) is 18.4 Å². The summed E-state index contributed by atoms with van der Waals surface area (Å²) >= 11 is 0. The number of aromatic nitrogens is 4. The van der Waals surface area contributed by atoms with Crippen LogP contribution in [0.3, 0.4) is 0 Å². The standard InChI is InChI=1S/C19H24N6O/c1-24-14-23-16-17(21-13-22-18(16)24)20-12-19(26)7-9-25(10-8-19)11-15-5-3-2-4-6-15/h2-6,13-14,26H,7-12H2,1H3,(H,20,21,22). The first-order valence-corrected chi connectivity index (χ1v) is 8.98. The molecule has 1 fully saturated rings.